The Morgan fingerprint density at radius 2 is 1.97 bits per heavy atom. The third-order valence-electron chi connectivity index (χ3n) is 5.06. The minimum absolute atomic E-state index is 0.0260. The van der Waals surface area contributed by atoms with E-state index in [1.165, 1.54) is 36.3 Å². The summed E-state index contributed by atoms with van der Waals surface area (Å²) in [7, 11) is -2.46. The highest BCUT2D eigenvalue weighted by Gasteiger charge is 2.23. The molecule has 0 aromatic heterocycles. The molecule has 9 nitrogen and oxygen atoms in total. The zero-order chi connectivity index (χ0) is 23.8. The number of halogens is 1. The Bertz CT molecular complexity index is 1070. The number of anilines is 1. The van der Waals surface area contributed by atoms with E-state index < -0.39 is 22.5 Å². The fourth-order valence-electron chi connectivity index (χ4n) is 3.28. The molecular weight excluding hydrogens is 470 g/mol. The summed E-state index contributed by atoms with van der Waals surface area (Å²) in [5.74, 6) is -0.498. The number of carbonyl (C=O) groups is 2. The Morgan fingerprint density at radius 3 is 2.64 bits per heavy atom. The molecule has 2 amide bonds. The van der Waals surface area contributed by atoms with E-state index in [-0.39, 0.29) is 23.5 Å². The first kappa shape index (κ1) is 25.0. The van der Waals surface area contributed by atoms with Crippen LogP contribution >= 0.6 is 11.6 Å². The molecule has 1 fully saturated rings. The van der Waals surface area contributed by atoms with Gasteiger partial charge in [-0.2, -0.15) is 0 Å². The van der Waals surface area contributed by atoms with Crippen LogP contribution in [-0.2, 0) is 24.3 Å². The van der Waals surface area contributed by atoms with Crippen LogP contribution in [0, 0.1) is 0 Å². The van der Waals surface area contributed by atoms with Crippen LogP contribution in [0.5, 0.6) is 5.75 Å². The number of nitrogens with one attached hydrogen (secondary N) is 2. The van der Waals surface area contributed by atoms with Gasteiger partial charge in [-0.05, 0) is 49.2 Å². The number of sulfonamides is 1. The van der Waals surface area contributed by atoms with Gasteiger partial charge in [0.05, 0.1) is 24.7 Å². The van der Waals surface area contributed by atoms with E-state index in [1.807, 2.05) is 0 Å². The van der Waals surface area contributed by atoms with Crippen molar-refractivity contribution >= 4 is 39.1 Å². The number of hydrogen-bond acceptors (Lipinski definition) is 6. The highest BCUT2D eigenvalue weighted by Crippen LogP contribution is 2.21. The number of ether oxygens (including phenoxy) is 2. The van der Waals surface area contributed by atoms with Gasteiger partial charge in [-0.3, -0.25) is 9.59 Å². The average Bonchev–Trinajstić information content (AvgIpc) is 3.34. The van der Waals surface area contributed by atoms with E-state index in [2.05, 4.69) is 10.0 Å². The molecule has 0 aliphatic carbocycles. The van der Waals surface area contributed by atoms with Crippen LogP contribution in [0.2, 0.25) is 5.02 Å². The summed E-state index contributed by atoms with van der Waals surface area (Å²) in [6.45, 7) is 0.188. The van der Waals surface area contributed by atoms with Crippen molar-refractivity contribution in [3.63, 3.8) is 0 Å². The number of amides is 2. The minimum atomic E-state index is -3.95. The molecule has 33 heavy (non-hydrogen) atoms. The van der Waals surface area contributed by atoms with E-state index >= 15 is 0 Å². The van der Waals surface area contributed by atoms with Crippen LogP contribution < -0.4 is 19.7 Å². The van der Waals surface area contributed by atoms with E-state index in [4.69, 9.17) is 21.1 Å². The lowest BCUT2D eigenvalue weighted by Crippen LogP contribution is -2.46. The molecule has 11 heteroatoms. The van der Waals surface area contributed by atoms with E-state index in [9.17, 15) is 18.0 Å². The van der Waals surface area contributed by atoms with Gasteiger partial charge in [0.25, 0.3) is 0 Å². The lowest BCUT2D eigenvalue weighted by molar-refractivity contribution is -0.123. The number of benzene rings is 2. The monoisotopic (exact) mass is 495 g/mol. The first-order chi connectivity index (χ1) is 15.8. The van der Waals surface area contributed by atoms with Crippen molar-refractivity contribution in [2.75, 3.05) is 38.3 Å². The number of carbonyl (C=O) groups excluding carboxylic acids is 2. The lowest BCUT2D eigenvalue weighted by atomic mass is 10.2. The van der Waals surface area contributed by atoms with Crippen molar-refractivity contribution in [1.82, 2.24) is 10.0 Å². The second-order valence-electron chi connectivity index (χ2n) is 7.40. The van der Waals surface area contributed by atoms with Gasteiger partial charge in [0, 0.05) is 29.9 Å². The van der Waals surface area contributed by atoms with Crippen molar-refractivity contribution in [3.05, 3.63) is 53.6 Å². The van der Waals surface area contributed by atoms with Crippen LogP contribution in [0.4, 0.5) is 5.69 Å². The number of hydrogen-bond donors (Lipinski definition) is 2. The van der Waals surface area contributed by atoms with Crippen LogP contribution in [-0.4, -0.2) is 59.7 Å². The Hall–Kier alpha value is -2.66. The predicted octanol–water partition coefficient (Wildman–Crippen LogP) is 1.96. The molecule has 1 saturated heterocycles. The molecule has 2 aromatic rings. The van der Waals surface area contributed by atoms with E-state index in [0.29, 0.717) is 29.6 Å². The van der Waals surface area contributed by atoms with Gasteiger partial charge >= 0.3 is 0 Å². The Morgan fingerprint density at radius 1 is 1.21 bits per heavy atom. The maximum absolute atomic E-state index is 13.0. The summed E-state index contributed by atoms with van der Waals surface area (Å²) in [6.07, 6.45) is 1.77. The quantitative estimate of drug-likeness (QED) is 0.521. The molecule has 1 atom stereocenters. The van der Waals surface area contributed by atoms with Gasteiger partial charge in [0.1, 0.15) is 12.3 Å². The van der Waals surface area contributed by atoms with Crippen molar-refractivity contribution in [3.8, 4) is 5.75 Å². The SMILES string of the molecule is COc1cccc(N(CC(=O)NCC2CCCO2)C(=O)CNS(=O)(=O)c2ccc(Cl)cc2)c1. The third kappa shape index (κ3) is 7.16. The predicted molar refractivity (Wildman–Crippen MR) is 124 cm³/mol. The molecule has 2 N–H and O–H groups in total. The van der Waals surface area contributed by atoms with Crippen molar-refractivity contribution in [1.29, 1.82) is 0 Å². The van der Waals surface area contributed by atoms with Gasteiger partial charge in [-0.15, -0.1) is 0 Å². The first-order valence-electron chi connectivity index (χ1n) is 10.4. The molecule has 0 bridgehead atoms. The van der Waals surface area contributed by atoms with Gasteiger partial charge < -0.3 is 19.7 Å². The molecule has 3 rings (SSSR count). The van der Waals surface area contributed by atoms with Crippen LogP contribution in [0.3, 0.4) is 0 Å². The maximum atomic E-state index is 13.0. The van der Waals surface area contributed by atoms with Crippen LogP contribution in [0.15, 0.2) is 53.4 Å². The van der Waals surface area contributed by atoms with Crippen LogP contribution in [0.25, 0.3) is 0 Å². The summed E-state index contributed by atoms with van der Waals surface area (Å²) in [5.41, 5.74) is 0.400. The average molecular weight is 496 g/mol. The summed E-state index contributed by atoms with van der Waals surface area (Å²) in [6, 6.07) is 12.2. The molecule has 2 aromatic carbocycles. The third-order valence-corrected chi connectivity index (χ3v) is 6.73. The lowest BCUT2D eigenvalue weighted by Gasteiger charge is -2.23. The Labute approximate surface area is 198 Å². The molecular formula is C22H26ClN3O6S. The first-order valence-corrected chi connectivity index (χ1v) is 12.2. The summed E-state index contributed by atoms with van der Waals surface area (Å²) in [5, 5.41) is 3.16. The molecule has 1 aliphatic heterocycles. The Kier molecular flexibility index (Phi) is 8.67. The van der Waals surface area contributed by atoms with Crippen molar-refractivity contribution in [2.24, 2.45) is 0 Å². The summed E-state index contributed by atoms with van der Waals surface area (Å²) in [4.78, 5) is 26.7. The second kappa shape index (κ2) is 11.5. The second-order valence-corrected chi connectivity index (χ2v) is 9.60. The molecule has 1 heterocycles. The minimum Gasteiger partial charge on any atom is -0.497 e. The highest BCUT2D eigenvalue weighted by atomic mass is 35.5. The van der Waals surface area contributed by atoms with E-state index in [0.717, 1.165) is 12.8 Å². The molecule has 1 aliphatic rings. The number of nitrogens with zero attached hydrogens (tertiary/aromatic N) is 1. The molecule has 0 radical (unpaired) electrons. The topological polar surface area (TPSA) is 114 Å². The largest absolute Gasteiger partial charge is 0.497 e. The highest BCUT2D eigenvalue weighted by molar-refractivity contribution is 7.89. The zero-order valence-electron chi connectivity index (χ0n) is 18.1. The van der Waals surface area contributed by atoms with Crippen molar-refractivity contribution < 1.29 is 27.5 Å². The fourth-order valence-corrected chi connectivity index (χ4v) is 4.38. The standard InChI is InChI=1S/C22H26ClN3O6S/c1-31-18-5-2-4-17(12-18)26(15-21(27)24-13-19-6-3-11-32-19)22(28)14-25-33(29,30)20-9-7-16(23)8-10-20/h2,4-5,7-10,12,19,25H,3,6,11,13-15H2,1H3,(H,24,27). The smallest absolute Gasteiger partial charge is 0.242 e. The van der Waals surface area contributed by atoms with Gasteiger partial charge in [-0.25, -0.2) is 13.1 Å². The molecule has 0 saturated carbocycles. The van der Waals surface area contributed by atoms with Gasteiger partial charge in [0.2, 0.25) is 21.8 Å². The Balaban J connectivity index is 1.70. The van der Waals surface area contributed by atoms with Gasteiger partial charge in [-0.1, -0.05) is 17.7 Å². The maximum Gasteiger partial charge on any atom is 0.242 e. The van der Waals surface area contributed by atoms with Gasteiger partial charge in [0.15, 0.2) is 0 Å². The number of rotatable bonds is 10. The number of methoxy groups -OCH3 is 1. The summed E-state index contributed by atoms with van der Waals surface area (Å²) < 4.78 is 38.1. The van der Waals surface area contributed by atoms with Crippen molar-refractivity contribution in [2.45, 2.75) is 23.8 Å². The molecule has 178 valence electrons. The molecule has 0 spiro atoms. The summed E-state index contributed by atoms with van der Waals surface area (Å²) >= 11 is 5.81. The van der Waals surface area contributed by atoms with E-state index in [1.54, 1.807) is 24.3 Å². The fraction of sp³-hybridized carbons (Fsp3) is 0.364. The zero-order valence-corrected chi connectivity index (χ0v) is 19.7. The molecule has 1 unspecified atom stereocenters. The van der Waals surface area contributed by atoms with Crippen LogP contribution in [0.1, 0.15) is 12.8 Å². The normalized spacial score (nSPS) is 15.8.